The summed E-state index contributed by atoms with van der Waals surface area (Å²) in [5.74, 6) is -0.722. The second-order valence-electron chi connectivity index (χ2n) is 4.32. The predicted molar refractivity (Wildman–Crippen MR) is 73.8 cm³/mol. The summed E-state index contributed by atoms with van der Waals surface area (Å²) in [6.45, 7) is 0. The van der Waals surface area contributed by atoms with Crippen LogP contribution in [0, 0.1) is 11.6 Å². The van der Waals surface area contributed by atoms with E-state index in [9.17, 15) is 8.78 Å². The number of benzene rings is 2. The molecule has 1 heterocycles. The minimum absolute atomic E-state index is 0.133. The van der Waals surface area contributed by atoms with E-state index in [1.807, 2.05) is 0 Å². The molecule has 5 heteroatoms. The van der Waals surface area contributed by atoms with Crippen molar-refractivity contribution in [2.24, 2.45) is 0 Å². The lowest BCUT2D eigenvalue weighted by Gasteiger charge is -2.06. The third-order valence-electron chi connectivity index (χ3n) is 3.08. The molecule has 0 radical (unpaired) electrons. The van der Waals surface area contributed by atoms with Crippen LogP contribution in [-0.4, -0.2) is 10.2 Å². The van der Waals surface area contributed by atoms with Gasteiger partial charge in [0, 0.05) is 11.1 Å². The maximum absolute atomic E-state index is 13.9. The van der Waals surface area contributed by atoms with Crippen molar-refractivity contribution in [1.82, 2.24) is 10.2 Å². The quantitative estimate of drug-likeness (QED) is 0.748. The van der Waals surface area contributed by atoms with Crippen molar-refractivity contribution < 1.29 is 8.78 Å². The summed E-state index contributed by atoms with van der Waals surface area (Å²) < 4.78 is 27.8. The van der Waals surface area contributed by atoms with Crippen LogP contribution in [0.3, 0.4) is 0 Å². The van der Waals surface area contributed by atoms with Crippen LogP contribution in [0.4, 0.5) is 14.6 Å². The van der Waals surface area contributed by atoms with Crippen molar-refractivity contribution in [3.63, 3.8) is 0 Å². The Hall–Kier alpha value is -2.69. The van der Waals surface area contributed by atoms with Crippen LogP contribution in [0.15, 0.2) is 48.5 Å². The van der Waals surface area contributed by atoms with Gasteiger partial charge in [-0.25, -0.2) is 8.78 Å². The Balaban J connectivity index is 2.26. The number of nitrogens with one attached hydrogen (secondary N) is 1. The summed E-state index contributed by atoms with van der Waals surface area (Å²) >= 11 is 0. The first-order valence-electron chi connectivity index (χ1n) is 6.02. The Morgan fingerprint density at radius 2 is 1.40 bits per heavy atom. The van der Waals surface area contributed by atoms with Gasteiger partial charge in [0.25, 0.3) is 0 Å². The van der Waals surface area contributed by atoms with Gasteiger partial charge in [-0.05, 0) is 18.2 Å². The van der Waals surface area contributed by atoms with E-state index in [0.717, 1.165) is 0 Å². The van der Waals surface area contributed by atoms with Crippen molar-refractivity contribution in [2.75, 3.05) is 5.73 Å². The number of anilines is 1. The summed E-state index contributed by atoms with van der Waals surface area (Å²) in [5, 5.41) is 6.55. The van der Waals surface area contributed by atoms with E-state index in [4.69, 9.17) is 5.73 Å². The maximum atomic E-state index is 13.9. The highest BCUT2D eigenvalue weighted by Gasteiger charge is 2.19. The Morgan fingerprint density at radius 3 is 2.00 bits per heavy atom. The van der Waals surface area contributed by atoms with E-state index in [1.54, 1.807) is 36.4 Å². The average molecular weight is 271 g/mol. The van der Waals surface area contributed by atoms with Gasteiger partial charge in [-0.2, -0.15) is 5.10 Å². The molecule has 2 aromatic carbocycles. The fraction of sp³-hybridized carbons (Fsp3) is 0. The summed E-state index contributed by atoms with van der Waals surface area (Å²) in [7, 11) is 0. The van der Waals surface area contributed by atoms with E-state index in [2.05, 4.69) is 10.2 Å². The predicted octanol–water partition coefficient (Wildman–Crippen LogP) is 3.60. The Kier molecular flexibility index (Phi) is 2.95. The zero-order chi connectivity index (χ0) is 14.1. The number of nitrogen functional groups attached to an aromatic ring is 1. The molecule has 100 valence electrons. The molecule has 0 aliphatic rings. The van der Waals surface area contributed by atoms with Crippen LogP contribution in [0.2, 0.25) is 0 Å². The standard InChI is InChI=1S/C15H11F2N3/c16-11-7-3-1-5-9(11)13-14(19-20-15(13)18)10-6-2-4-8-12(10)17/h1-8H,(H3,18,19,20). The summed E-state index contributed by atoms with van der Waals surface area (Å²) in [5.41, 5.74) is 7.12. The van der Waals surface area contributed by atoms with Crippen molar-refractivity contribution >= 4 is 5.82 Å². The van der Waals surface area contributed by atoms with Gasteiger partial charge >= 0.3 is 0 Å². The Labute approximate surface area is 114 Å². The second-order valence-corrected chi connectivity index (χ2v) is 4.32. The van der Waals surface area contributed by atoms with Crippen LogP contribution in [0.5, 0.6) is 0 Å². The lowest BCUT2D eigenvalue weighted by molar-refractivity contribution is 0.629. The SMILES string of the molecule is Nc1n[nH]c(-c2ccccc2F)c1-c1ccccc1F. The topological polar surface area (TPSA) is 54.7 Å². The molecule has 20 heavy (non-hydrogen) atoms. The van der Waals surface area contributed by atoms with Gasteiger partial charge in [0.15, 0.2) is 5.82 Å². The zero-order valence-electron chi connectivity index (χ0n) is 10.4. The molecule has 0 fully saturated rings. The number of aromatic amines is 1. The highest BCUT2D eigenvalue weighted by atomic mass is 19.1. The van der Waals surface area contributed by atoms with E-state index in [-0.39, 0.29) is 11.4 Å². The lowest BCUT2D eigenvalue weighted by atomic mass is 10.00. The van der Waals surface area contributed by atoms with E-state index in [1.165, 1.54) is 12.1 Å². The van der Waals surface area contributed by atoms with Crippen molar-refractivity contribution in [1.29, 1.82) is 0 Å². The van der Waals surface area contributed by atoms with Gasteiger partial charge in [-0.15, -0.1) is 0 Å². The lowest BCUT2D eigenvalue weighted by Crippen LogP contribution is -1.92. The molecule has 0 spiro atoms. The second kappa shape index (κ2) is 4.77. The largest absolute Gasteiger partial charge is 0.382 e. The fourth-order valence-corrected chi connectivity index (χ4v) is 2.15. The molecule has 3 N–H and O–H groups in total. The fourth-order valence-electron chi connectivity index (χ4n) is 2.15. The number of nitrogens with zero attached hydrogens (tertiary/aromatic N) is 1. The summed E-state index contributed by atoms with van der Waals surface area (Å²) in [4.78, 5) is 0. The first kappa shape index (κ1) is 12.3. The monoisotopic (exact) mass is 271 g/mol. The zero-order valence-corrected chi connectivity index (χ0v) is 10.4. The first-order valence-corrected chi connectivity index (χ1v) is 6.02. The average Bonchev–Trinajstić information content (AvgIpc) is 2.82. The Bertz CT molecular complexity index is 765. The molecule has 0 bridgehead atoms. The summed E-state index contributed by atoms with van der Waals surface area (Å²) in [6.07, 6.45) is 0. The van der Waals surface area contributed by atoms with Crippen LogP contribution < -0.4 is 5.73 Å². The molecular formula is C15H11F2N3. The Morgan fingerprint density at radius 1 is 0.850 bits per heavy atom. The molecule has 3 rings (SSSR count). The van der Waals surface area contributed by atoms with Crippen molar-refractivity contribution in [3.05, 3.63) is 60.2 Å². The van der Waals surface area contributed by atoms with Crippen LogP contribution in [0.1, 0.15) is 0 Å². The minimum Gasteiger partial charge on any atom is -0.382 e. The highest BCUT2D eigenvalue weighted by Crippen LogP contribution is 2.36. The third kappa shape index (κ3) is 1.93. The molecule has 0 aliphatic carbocycles. The number of H-pyrrole nitrogens is 1. The van der Waals surface area contributed by atoms with E-state index >= 15 is 0 Å². The number of aromatic nitrogens is 2. The molecule has 3 aromatic rings. The van der Waals surface area contributed by atoms with Crippen molar-refractivity contribution in [3.8, 4) is 22.4 Å². The summed E-state index contributed by atoms with van der Waals surface area (Å²) in [6, 6.07) is 12.4. The number of hydrogen-bond acceptors (Lipinski definition) is 2. The van der Waals surface area contributed by atoms with Gasteiger partial charge in [-0.1, -0.05) is 30.3 Å². The van der Waals surface area contributed by atoms with Gasteiger partial charge in [0.1, 0.15) is 11.6 Å². The first-order chi connectivity index (χ1) is 9.68. The minimum atomic E-state index is -0.432. The third-order valence-corrected chi connectivity index (χ3v) is 3.08. The van der Waals surface area contributed by atoms with Crippen LogP contribution in [-0.2, 0) is 0 Å². The molecule has 0 saturated carbocycles. The van der Waals surface area contributed by atoms with Gasteiger partial charge in [0.2, 0.25) is 0 Å². The normalized spacial score (nSPS) is 10.7. The van der Waals surface area contributed by atoms with E-state index in [0.29, 0.717) is 16.8 Å². The van der Waals surface area contributed by atoms with Crippen molar-refractivity contribution in [2.45, 2.75) is 0 Å². The van der Waals surface area contributed by atoms with Gasteiger partial charge < -0.3 is 5.73 Å². The molecule has 0 unspecified atom stereocenters. The molecule has 0 atom stereocenters. The highest BCUT2D eigenvalue weighted by molar-refractivity contribution is 5.88. The molecular weight excluding hydrogens is 260 g/mol. The van der Waals surface area contributed by atoms with Crippen LogP contribution >= 0.6 is 0 Å². The molecule has 1 aromatic heterocycles. The molecule has 0 aliphatic heterocycles. The smallest absolute Gasteiger partial charge is 0.153 e. The van der Waals surface area contributed by atoms with Crippen LogP contribution in [0.25, 0.3) is 22.4 Å². The van der Waals surface area contributed by atoms with Gasteiger partial charge in [0.05, 0.1) is 11.3 Å². The maximum Gasteiger partial charge on any atom is 0.153 e. The number of nitrogens with two attached hydrogens (primary N) is 1. The van der Waals surface area contributed by atoms with E-state index < -0.39 is 11.6 Å². The number of rotatable bonds is 2. The van der Waals surface area contributed by atoms with Gasteiger partial charge in [-0.3, -0.25) is 5.10 Å². The molecule has 0 saturated heterocycles. The molecule has 0 amide bonds. The number of halogens is 2. The molecule has 3 nitrogen and oxygen atoms in total. The number of hydrogen-bond donors (Lipinski definition) is 2.